The van der Waals surface area contributed by atoms with E-state index in [1.54, 1.807) is 0 Å². The van der Waals surface area contributed by atoms with E-state index >= 15 is 0 Å². The SMILES string of the molecule is Cl.NCCCNC(=O)Nc1ccc(Cl)c(C(F)(F)F)c1. The van der Waals surface area contributed by atoms with Gasteiger partial charge >= 0.3 is 12.2 Å². The minimum absolute atomic E-state index is 0. The number of rotatable bonds is 4. The number of nitrogens with two attached hydrogens (primary N) is 1. The van der Waals surface area contributed by atoms with Crippen LogP contribution in [0.25, 0.3) is 0 Å². The van der Waals surface area contributed by atoms with Crippen molar-refractivity contribution in [1.82, 2.24) is 5.32 Å². The van der Waals surface area contributed by atoms with Crippen molar-refractivity contribution in [3.05, 3.63) is 28.8 Å². The zero-order chi connectivity index (χ0) is 14.5. The Hall–Kier alpha value is -1.18. The van der Waals surface area contributed by atoms with Crippen LogP contribution in [0.1, 0.15) is 12.0 Å². The lowest BCUT2D eigenvalue weighted by Gasteiger charge is -2.12. The molecule has 0 heterocycles. The van der Waals surface area contributed by atoms with Gasteiger partial charge in [-0.25, -0.2) is 4.79 Å². The van der Waals surface area contributed by atoms with Crippen LogP contribution in [0.4, 0.5) is 23.7 Å². The first-order chi connectivity index (χ1) is 8.84. The van der Waals surface area contributed by atoms with Crippen molar-refractivity contribution in [1.29, 1.82) is 0 Å². The van der Waals surface area contributed by atoms with E-state index in [9.17, 15) is 18.0 Å². The van der Waals surface area contributed by atoms with Gasteiger partial charge in [-0.1, -0.05) is 11.6 Å². The maximum atomic E-state index is 12.6. The first-order valence-electron chi connectivity index (χ1n) is 5.46. The number of alkyl halides is 3. The van der Waals surface area contributed by atoms with E-state index in [4.69, 9.17) is 17.3 Å². The molecule has 0 bridgehead atoms. The number of anilines is 1. The smallest absolute Gasteiger partial charge is 0.338 e. The van der Waals surface area contributed by atoms with Crippen LogP contribution in [0.5, 0.6) is 0 Å². The fraction of sp³-hybridized carbons (Fsp3) is 0.364. The molecule has 4 nitrogen and oxygen atoms in total. The van der Waals surface area contributed by atoms with E-state index in [0.29, 0.717) is 19.5 Å². The molecule has 0 fully saturated rings. The standard InChI is InChI=1S/C11H13ClF3N3O.ClH/c12-9-3-2-7(6-8(9)11(13,14)15)18-10(19)17-5-1-4-16;/h2-3,6H,1,4-5,16H2,(H2,17,18,19);1H. The van der Waals surface area contributed by atoms with Crippen LogP contribution >= 0.6 is 24.0 Å². The van der Waals surface area contributed by atoms with Gasteiger partial charge in [-0.05, 0) is 31.2 Å². The molecule has 0 saturated heterocycles. The van der Waals surface area contributed by atoms with E-state index in [1.165, 1.54) is 6.07 Å². The summed E-state index contributed by atoms with van der Waals surface area (Å²) in [6.07, 6.45) is -3.98. The number of amides is 2. The highest BCUT2D eigenvalue weighted by atomic mass is 35.5. The lowest BCUT2D eigenvalue weighted by molar-refractivity contribution is -0.137. The maximum Gasteiger partial charge on any atom is 0.417 e. The molecule has 9 heteroatoms. The van der Waals surface area contributed by atoms with Gasteiger partial charge in [-0.15, -0.1) is 12.4 Å². The Morgan fingerprint density at radius 1 is 1.35 bits per heavy atom. The van der Waals surface area contributed by atoms with E-state index in [1.807, 2.05) is 0 Å². The van der Waals surface area contributed by atoms with Crippen LogP contribution < -0.4 is 16.4 Å². The highest BCUT2D eigenvalue weighted by Gasteiger charge is 2.33. The fourth-order valence-electron chi connectivity index (χ4n) is 1.30. The number of nitrogens with one attached hydrogen (secondary N) is 2. The third kappa shape index (κ3) is 5.85. The largest absolute Gasteiger partial charge is 0.417 e. The Kier molecular flexibility index (Phi) is 7.70. The van der Waals surface area contributed by atoms with Crippen molar-refractivity contribution >= 4 is 35.7 Å². The number of hydrogen-bond acceptors (Lipinski definition) is 2. The maximum absolute atomic E-state index is 12.6. The van der Waals surface area contributed by atoms with Crippen molar-refractivity contribution in [2.75, 3.05) is 18.4 Å². The van der Waals surface area contributed by atoms with Gasteiger partial charge in [0.05, 0.1) is 10.6 Å². The van der Waals surface area contributed by atoms with Crippen LogP contribution in [0, 0.1) is 0 Å². The lowest BCUT2D eigenvalue weighted by Crippen LogP contribution is -2.30. The molecule has 1 aromatic carbocycles. The van der Waals surface area contributed by atoms with Crippen molar-refractivity contribution in [2.24, 2.45) is 5.73 Å². The number of urea groups is 1. The molecule has 114 valence electrons. The molecule has 0 spiro atoms. The minimum Gasteiger partial charge on any atom is -0.338 e. The Balaban J connectivity index is 0.00000361. The molecule has 0 aromatic heterocycles. The topological polar surface area (TPSA) is 67.1 Å². The molecule has 0 aliphatic heterocycles. The molecular weight excluding hydrogens is 318 g/mol. The number of benzene rings is 1. The fourth-order valence-corrected chi connectivity index (χ4v) is 1.52. The molecule has 0 radical (unpaired) electrons. The van der Waals surface area contributed by atoms with Gasteiger partial charge in [-0.3, -0.25) is 0 Å². The highest BCUT2D eigenvalue weighted by Crippen LogP contribution is 2.36. The summed E-state index contributed by atoms with van der Waals surface area (Å²) in [6.45, 7) is 0.765. The van der Waals surface area contributed by atoms with E-state index in [0.717, 1.165) is 12.1 Å². The average molecular weight is 332 g/mol. The van der Waals surface area contributed by atoms with Crippen LogP contribution in [-0.4, -0.2) is 19.1 Å². The van der Waals surface area contributed by atoms with Gasteiger partial charge in [0.25, 0.3) is 0 Å². The molecule has 20 heavy (non-hydrogen) atoms. The van der Waals surface area contributed by atoms with Crippen molar-refractivity contribution in [2.45, 2.75) is 12.6 Å². The quantitative estimate of drug-likeness (QED) is 0.741. The van der Waals surface area contributed by atoms with Crippen molar-refractivity contribution in [3.63, 3.8) is 0 Å². The second-order valence-corrected chi connectivity index (χ2v) is 4.12. The van der Waals surface area contributed by atoms with Gasteiger partial charge in [-0.2, -0.15) is 13.2 Å². The van der Waals surface area contributed by atoms with Crippen LogP contribution in [0.2, 0.25) is 5.02 Å². The summed E-state index contributed by atoms with van der Waals surface area (Å²) < 4.78 is 37.8. The molecular formula is C11H14Cl2F3N3O. The summed E-state index contributed by atoms with van der Waals surface area (Å²) in [5.74, 6) is 0. The second-order valence-electron chi connectivity index (χ2n) is 3.72. The monoisotopic (exact) mass is 331 g/mol. The molecule has 1 aromatic rings. The molecule has 0 aliphatic carbocycles. The Morgan fingerprint density at radius 3 is 2.55 bits per heavy atom. The van der Waals surface area contributed by atoms with Crippen molar-refractivity contribution < 1.29 is 18.0 Å². The zero-order valence-corrected chi connectivity index (χ0v) is 11.8. The van der Waals surface area contributed by atoms with Gasteiger partial charge in [0.1, 0.15) is 0 Å². The summed E-state index contributed by atoms with van der Waals surface area (Å²) in [5, 5.41) is 4.34. The number of carbonyl (C=O) groups excluding carboxylic acids is 1. The summed E-state index contributed by atoms with van der Waals surface area (Å²) in [5.41, 5.74) is 4.26. The van der Waals surface area contributed by atoms with Crippen LogP contribution in [0.15, 0.2) is 18.2 Å². The second kappa shape index (κ2) is 8.18. The number of hydrogen-bond donors (Lipinski definition) is 3. The lowest BCUT2D eigenvalue weighted by atomic mass is 10.2. The molecule has 0 aliphatic rings. The van der Waals surface area contributed by atoms with Crippen molar-refractivity contribution in [3.8, 4) is 0 Å². The third-order valence-electron chi connectivity index (χ3n) is 2.20. The first kappa shape index (κ1) is 18.8. The Bertz CT molecular complexity index is 455. The van der Waals surface area contributed by atoms with E-state index < -0.39 is 22.8 Å². The normalized spacial score (nSPS) is 10.7. The molecule has 4 N–H and O–H groups in total. The van der Waals surface area contributed by atoms with Gasteiger partial charge in [0.15, 0.2) is 0 Å². The molecule has 0 unspecified atom stereocenters. The minimum atomic E-state index is -4.56. The van der Waals surface area contributed by atoms with Crippen LogP contribution in [-0.2, 0) is 6.18 Å². The predicted molar refractivity (Wildman–Crippen MR) is 74.4 cm³/mol. The third-order valence-corrected chi connectivity index (χ3v) is 2.53. The number of carbonyl (C=O) groups is 1. The summed E-state index contributed by atoms with van der Waals surface area (Å²) in [7, 11) is 0. The Morgan fingerprint density at radius 2 is 2.00 bits per heavy atom. The Labute approximate surface area is 125 Å². The van der Waals surface area contributed by atoms with Gasteiger partial charge < -0.3 is 16.4 Å². The predicted octanol–water partition coefficient (Wildman–Crippen LogP) is 3.25. The molecule has 0 saturated carbocycles. The molecule has 0 atom stereocenters. The highest BCUT2D eigenvalue weighted by molar-refractivity contribution is 6.31. The van der Waals surface area contributed by atoms with Crippen LogP contribution in [0.3, 0.4) is 0 Å². The summed E-state index contributed by atoms with van der Waals surface area (Å²) in [6, 6.07) is 2.56. The van der Waals surface area contributed by atoms with Gasteiger partial charge in [0.2, 0.25) is 0 Å². The first-order valence-corrected chi connectivity index (χ1v) is 5.84. The summed E-state index contributed by atoms with van der Waals surface area (Å²) in [4.78, 5) is 11.4. The zero-order valence-electron chi connectivity index (χ0n) is 10.3. The molecule has 2 amide bonds. The van der Waals surface area contributed by atoms with E-state index in [-0.39, 0.29) is 18.1 Å². The average Bonchev–Trinajstić information content (AvgIpc) is 2.30. The van der Waals surface area contributed by atoms with E-state index in [2.05, 4.69) is 10.6 Å². The molecule has 1 rings (SSSR count). The summed E-state index contributed by atoms with van der Waals surface area (Å²) >= 11 is 5.46. The number of halogens is 5. The van der Waals surface area contributed by atoms with Gasteiger partial charge in [0, 0.05) is 12.2 Å².